The van der Waals surface area contributed by atoms with E-state index < -0.39 is 0 Å². The van der Waals surface area contributed by atoms with Crippen molar-refractivity contribution in [2.75, 3.05) is 19.6 Å². The normalized spacial score (nSPS) is 18.6. The third-order valence-electron chi connectivity index (χ3n) is 4.08. The van der Waals surface area contributed by atoms with Crippen LogP contribution in [0.1, 0.15) is 41.3 Å². The summed E-state index contributed by atoms with van der Waals surface area (Å²) in [6.45, 7) is 8.35. The minimum absolute atomic E-state index is 0.0623. The zero-order chi connectivity index (χ0) is 15.4. The number of hydrogen-bond acceptors (Lipinski definition) is 3. The summed E-state index contributed by atoms with van der Waals surface area (Å²) in [6.07, 6.45) is 0.594. The van der Waals surface area contributed by atoms with E-state index in [4.69, 9.17) is 0 Å². The van der Waals surface area contributed by atoms with Gasteiger partial charge in [-0.3, -0.25) is 9.59 Å². The number of aryl methyl sites for hydroxylation is 2. The molecule has 1 amide bonds. The van der Waals surface area contributed by atoms with Crippen LogP contribution in [0.4, 0.5) is 0 Å². The maximum absolute atomic E-state index is 12.3. The maximum atomic E-state index is 12.3. The number of benzene rings is 1. The van der Waals surface area contributed by atoms with Crippen LogP contribution in [0, 0.1) is 13.8 Å². The van der Waals surface area contributed by atoms with E-state index in [9.17, 15) is 9.59 Å². The molecule has 1 aromatic carbocycles. The first-order valence-corrected chi connectivity index (χ1v) is 7.59. The lowest BCUT2D eigenvalue weighted by Gasteiger charge is -2.34. The third kappa shape index (κ3) is 3.91. The first kappa shape index (κ1) is 15.7. The number of ketones is 1. The van der Waals surface area contributed by atoms with E-state index in [1.807, 2.05) is 43.9 Å². The Hall–Kier alpha value is -1.68. The number of nitrogens with one attached hydrogen (secondary N) is 1. The van der Waals surface area contributed by atoms with Crippen molar-refractivity contribution in [3.63, 3.8) is 0 Å². The van der Waals surface area contributed by atoms with Crippen molar-refractivity contribution in [1.29, 1.82) is 0 Å². The van der Waals surface area contributed by atoms with Crippen molar-refractivity contribution in [1.82, 2.24) is 10.2 Å². The van der Waals surface area contributed by atoms with Crippen LogP contribution in [0.3, 0.4) is 0 Å². The van der Waals surface area contributed by atoms with E-state index >= 15 is 0 Å². The Bertz CT molecular complexity index is 540. The molecule has 0 saturated carbocycles. The van der Waals surface area contributed by atoms with E-state index in [0.717, 1.165) is 36.3 Å². The van der Waals surface area contributed by atoms with Crippen molar-refractivity contribution in [3.8, 4) is 0 Å². The lowest BCUT2D eigenvalue weighted by atomic mass is 9.99. The first-order valence-electron chi connectivity index (χ1n) is 7.59. The lowest BCUT2D eigenvalue weighted by Crippen LogP contribution is -2.52. The summed E-state index contributed by atoms with van der Waals surface area (Å²) in [6, 6.07) is 6.08. The molecule has 1 fully saturated rings. The molecule has 1 aliphatic rings. The van der Waals surface area contributed by atoms with Crippen LogP contribution in [-0.4, -0.2) is 42.3 Å². The van der Waals surface area contributed by atoms with Crippen molar-refractivity contribution in [2.24, 2.45) is 0 Å². The number of Topliss-reactive ketones (excluding diaryl/α,β-unsaturated/α-hetero) is 1. The Morgan fingerprint density at radius 3 is 2.76 bits per heavy atom. The summed E-state index contributed by atoms with van der Waals surface area (Å²) in [5.41, 5.74) is 2.80. The van der Waals surface area contributed by atoms with Gasteiger partial charge in [0.2, 0.25) is 5.91 Å². The molecule has 1 aromatic rings. The Morgan fingerprint density at radius 1 is 1.29 bits per heavy atom. The van der Waals surface area contributed by atoms with Gasteiger partial charge in [0.15, 0.2) is 5.78 Å². The molecule has 4 heteroatoms. The van der Waals surface area contributed by atoms with E-state index in [0.29, 0.717) is 12.8 Å². The van der Waals surface area contributed by atoms with E-state index in [1.54, 1.807) is 0 Å². The molecular weight excluding hydrogens is 264 g/mol. The highest BCUT2D eigenvalue weighted by atomic mass is 16.2. The predicted octanol–water partition coefficient (Wildman–Crippen LogP) is 2.09. The molecule has 0 unspecified atom stereocenters. The van der Waals surface area contributed by atoms with Gasteiger partial charge < -0.3 is 10.2 Å². The molecule has 2 rings (SSSR count). The number of piperazine rings is 1. The molecule has 1 N–H and O–H groups in total. The SMILES string of the molecule is Cc1ccc(C)c(C(=O)CCC(=O)N2CCNC[C@H]2C)c1. The zero-order valence-electron chi connectivity index (χ0n) is 13.1. The van der Waals surface area contributed by atoms with Gasteiger partial charge in [0.25, 0.3) is 0 Å². The predicted molar refractivity (Wildman–Crippen MR) is 83.5 cm³/mol. The number of amides is 1. The Labute approximate surface area is 126 Å². The molecule has 0 radical (unpaired) electrons. The molecule has 1 aliphatic heterocycles. The topological polar surface area (TPSA) is 49.4 Å². The van der Waals surface area contributed by atoms with E-state index in [-0.39, 0.29) is 17.7 Å². The molecule has 0 bridgehead atoms. The Kier molecular flexibility index (Phi) is 5.12. The summed E-state index contributed by atoms with van der Waals surface area (Å²) in [5.74, 6) is 0.148. The van der Waals surface area contributed by atoms with Crippen molar-refractivity contribution < 1.29 is 9.59 Å². The summed E-state index contributed by atoms with van der Waals surface area (Å²) in [5, 5.41) is 3.26. The number of carbonyl (C=O) groups excluding carboxylic acids is 2. The molecule has 0 aliphatic carbocycles. The minimum Gasteiger partial charge on any atom is -0.337 e. The molecule has 4 nitrogen and oxygen atoms in total. The first-order chi connectivity index (χ1) is 9.99. The quantitative estimate of drug-likeness (QED) is 0.863. The summed E-state index contributed by atoms with van der Waals surface area (Å²) < 4.78 is 0. The van der Waals surface area contributed by atoms with Crippen LogP contribution in [0.5, 0.6) is 0 Å². The molecule has 1 heterocycles. The van der Waals surface area contributed by atoms with Crippen LogP contribution in [0.25, 0.3) is 0 Å². The average Bonchev–Trinajstić information content (AvgIpc) is 2.47. The van der Waals surface area contributed by atoms with Crippen LogP contribution < -0.4 is 5.32 Å². The maximum Gasteiger partial charge on any atom is 0.223 e. The highest BCUT2D eigenvalue weighted by molar-refractivity contribution is 5.99. The van der Waals surface area contributed by atoms with Crippen molar-refractivity contribution in [3.05, 3.63) is 34.9 Å². The fourth-order valence-electron chi connectivity index (χ4n) is 2.75. The van der Waals surface area contributed by atoms with Gasteiger partial charge in [-0.2, -0.15) is 0 Å². The van der Waals surface area contributed by atoms with Crippen LogP contribution in [0.2, 0.25) is 0 Å². The van der Waals surface area contributed by atoms with Crippen LogP contribution >= 0.6 is 0 Å². The Balaban J connectivity index is 1.94. The van der Waals surface area contributed by atoms with Gasteiger partial charge >= 0.3 is 0 Å². The second kappa shape index (κ2) is 6.85. The molecule has 1 atom stereocenters. The van der Waals surface area contributed by atoms with Gasteiger partial charge in [-0.05, 0) is 32.4 Å². The van der Waals surface area contributed by atoms with Crippen LogP contribution in [-0.2, 0) is 4.79 Å². The summed E-state index contributed by atoms with van der Waals surface area (Å²) in [4.78, 5) is 26.4. The molecule has 1 saturated heterocycles. The second-order valence-corrected chi connectivity index (χ2v) is 5.88. The van der Waals surface area contributed by atoms with Gasteiger partial charge in [-0.15, -0.1) is 0 Å². The molecule has 21 heavy (non-hydrogen) atoms. The largest absolute Gasteiger partial charge is 0.337 e. The minimum atomic E-state index is 0.0623. The van der Waals surface area contributed by atoms with Crippen molar-refractivity contribution >= 4 is 11.7 Å². The number of hydrogen-bond donors (Lipinski definition) is 1. The molecule has 0 spiro atoms. The molecular formula is C17H24N2O2. The highest BCUT2D eigenvalue weighted by Gasteiger charge is 2.23. The average molecular weight is 288 g/mol. The van der Waals surface area contributed by atoms with Gasteiger partial charge in [0.05, 0.1) is 0 Å². The van der Waals surface area contributed by atoms with E-state index in [1.165, 1.54) is 0 Å². The van der Waals surface area contributed by atoms with Gasteiger partial charge in [0, 0.05) is 44.1 Å². The zero-order valence-corrected chi connectivity index (χ0v) is 13.1. The van der Waals surface area contributed by atoms with E-state index in [2.05, 4.69) is 5.32 Å². The number of nitrogens with zero attached hydrogens (tertiary/aromatic N) is 1. The lowest BCUT2D eigenvalue weighted by molar-refractivity contribution is -0.133. The summed E-state index contributed by atoms with van der Waals surface area (Å²) >= 11 is 0. The highest BCUT2D eigenvalue weighted by Crippen LogP contribution is 2.15. The summed E-state index contributed by atoms with van der Waals surface area (Å²) in [7, 11) is 0. The van der Waals surface area contributed by atoms with Gasteiger partial charge in [0.1, 0.15) is 0 Å². The Morgan fingerprint density at radius 2 is 2.05 bits per heavy atom. The van der Waals surface area contributed by atoms with Crippen molar-refractivity contribution in [2.45, 2.75) is 39.7 Å². The third-order valence-corrected chi connectivity index (χ3v) is 4.08. The second-order valence-electron chi connectivity index (χ2n) is 5.88. The standard InChI is InChI=1S/C17H24N2O2/c1-12-4-5-13(2)15(10-12)16(20)6-7-17(21)19-9-8-18-11-14(19)3/h4-5,10,14,18H,6-9,11H2,1-3H3/t14-/m1/s1. The fourth-order valence-corrected chi connectivity index (χ4v) is 2.75. The smallest absolute Gasteiger partial charge is 0.223 e. The van der Waals surface area contributed by atoms with Gasteiger partial charge in [-0.1, -0.05) is 17.7 Å². The van der Waals surface area contributed by atoms with Crippen LogP contribution in [0.15, 0.2) is 18.2 Å². The monoisotopic (exact) mass is 288 g/mol. The molecule has 0 aromatic heterocycles. The number of rotatable bonds is 4. The fraction of sp³-hybridized carbons (Fsp3) is 0.529. The van der Waals surface area contributed by atoms with Gasteiger partial charge in [-0.25, -0.2) is 0 Å². The number of carbonyl (C=O) groups is 2. The molecule has 114 valence electrons.